The zero-order valence-electron chi connectivity index (χ0n) is 12.1. The predicted molar refractivity (Wildman–Crippen MR) is 80.7 cm³/mol. The van der Waals surface area contributed by atoms with Crippen LogP contribution in [0.2, 0.25) is 0 Å². The molecule has 0 saturated heterocycles. The van der Waals surface area contributed by atoms with Crippen molar-refractivity contribution in [3.63, 3.8) is 0 Å². The molecule has 1 aromatic heterocycles. The maximum atomic E-state index is 12.2. The Morgan fingerprint density at radius 3 is 3.00 bits per heavy atom. The minimum atomic E-state index is 0.0541. The van der Waals surface area contributed by atoms with E-state index in [0.717, 1.165) is 25.9 Å². The first-order valence-corrected chi connectivity index (χ1v) is 7.29. The highest BCUT2D eigenvalue weighted by atomic mass is 16.2. The number of rotatable bonds is 2. The highest BCUT2D eigenvalue weighted by molar-refractivity contribution is 5.88. The molecule has 2 amide bonds. The van der Waals surface area contributed by atoms with Gasteiger partial charge in [0.1, 0.15) is 0 Å². The van der Waals surface area contributed by atoms with Crippen LogP contribution in [0.3, 0.4) is 0 Å². The Hall–Kier alpha value is -1.97. The standard InChI is InChI=1S/C16H21N3O/c1-3-8-17-16(20)19-9-7-13-10-18(2)14-6-4-5-12(11-19)15(13)14/h4-6,10H,3,7-9,11H2,1-2H3,(H,17,20). The molecule has 1 aliphatic rings. The van der Waals surface area contributed by atoms with E-state index in [1.165, 1.54) is 22.0 Å². The number of nitrogens with one attached hydrogen (secondary N) is 1. The Labute approximate surface area is 119 Å². The van der Waals surface area contributed by atoms with Crippen LogP contribution < -0.4 is 5.32 Å². The quantitative estimate of drug-likeness (QED) is 0.896. The molecule has 4 nitrogen and oxygen atoms in total. The summed E-state index contributed by atoms with van der Waals surface area (Å²) in [5.74, 6) is 0. The van der Waals surface area contributed by atoms with Crippen molar-refractivity contribution in [2.24, 2.45) is 7.05 Å². The van der Waals surface area contributed by atoms with Crippen molar-refractivity contribution in [1.29, 1.82) is 0 Å². The van der Waals surface area contributed by atoms with Crippen LogP contribution in [0.25, 0.3) is 10.9 Å². The van der Waals surface area contributed by atoms with Crippen LogP contribution in [0.1, 0.15) is 24.5 Å². The maximum absolute atomic E-state index is 12.2. The monoisotopic (exact) mass is 271 g/mol. The lowest BCUT2D eigenvalue weighted by Crippen LogP contribution is -2.40. The van der Waals surface area contributed by atoms with Gasteiger partial charge in [-0.05, 0) is 30.0 Å². The Morgan fingerprint density at radius 2 is 2.20 bits per heavy atom. The van der Waals surface area contributed by atoms with Crippen LogP contribution in [0.15, 0.2) is 24.4 Å². The van der Waals surface area contributed by atoms with Gasteiger partial charge >= 0.3 is 6.03 Å². The average molecular weight is 271 g/mol. The molecule has 4 heteroatoms. The summed E-state index contributed by atoms with van der Waals surface area (Å²) < 4.78 is 2.18. The van der Waals surface area contributed by atoms with E-state index < -0.39 is 0 Å². The van der Waals surface area contributed by atoms with Gasteiger partial charge in [0.2, 0.25) is 0 Å². The number of benzene rings is 1. The molecule has 0 atom stereocenters. The highest BCUT2D eigenvalue weighted by Crippen LogP contribution is 2.28. The minimum Gasteiger partial charge on any atom is -0.350 e. The molecule has 2 aromatic rings. The minimum absolute atomic E-state index is 0.0541. The molecule has 1 aromatic carbocycles. The van der Waals surface area contributed by atoms with Gasteiger partial charge in [0.15, 0.2) is 0 Å². The van der Waals surface area contributed by atoms with Crippen molar-refractivity contribution in [3.8, 4) is 0 Å². The number of aromatic nitrogens is 1. The van der Waals surface area contributed by atoms with Gasteiger partial charge < -0.3 is 14.8 Å². The van der Waals surface area contributed by atoms with E-state index in [0.29, 0.717) is 6.54 Å². The Kier molecular flexibility index (Phi) is 3.38. The zero-order chi connectivity index (χ0) is 14.1. The second kappa shape index (κ2) is 5.19. The Morgan fingerprint density at radius 1 is 1.35 bits per heavy atom. The van der Waals surface area contributed by atoms with Crippen molar-refractivity contribution < 1.29 is 4.79 Å². The fraction of sp³-hybridized carbons (Fsp3) is 0.438. The summed E-state index contributed by atoms with van der Waals surface area (Å²) in [5.41, 5.74) is 3.86. The third-order valence-corrected chi connectivity index (χ3v) is 4.01. The summed E-state index contributed by atoms with van der Waals surface area (Å²) in [4.78, 5) is 14.1. The SMILES string of the molecule is CCCNC(=O)N1CCc2cn(C)c3cccc(c23)C1. The highest BCUT2D eigenvalue weighted by Gasteiger charge is 2.21. The second-order valence-electron chi connectivity index (χ2n) is 5.48. The molecule has 106 valence electrons. The lowest BCUT2D eigenvalue weighted by atomic mass is 10.1. The molecule has 0 saturated carbocycles. The van der Waals surface area contributed by atoms with Crippen molar-refractivity contribution in [2.75, 3.05) is 13.1 Å². The second-order valence-corrected chi connectivity index (χ2v) is 5.48. The van der Waals surface area contributed by atoms with Crippen molar-refractivity contribution >= 4 is 16.9 Å². The zero-order valence-corrected chi connectivity index (χ0v) is 12.1. The number of nitrogens with zero attached hydrogens (tertiary/aromatic N) is 2. The topological polar surface area (TPSA) is 37.3 Å². The fourth-order valence-electron chi connectivity index (χ4n) is 3.00. The summed E-state index contributed by atoms with van der Waals surface area (Å²) in [7, 11) is 2.09. The maximum Gasteiger partial charge on any atom is 0.317 e. The first-order valence-electron chi connectivity index (χ1n) is 7.29. The molecule has 0 radical (unpaired) electrons. The summed E-state index contributed by atoms with van der Waals surface area (Å²) in [6.07, 6.45) is 4.09. The molecular weight excluding hydrogens is 250 g/mol. The molecule has 1 N–H and O–H groups in total. The molecular formula is C16H21N3O. The van der Waals surface area contributed by atoms with E-state index in [4.69, 9.17) is 0 Å². The molecule has 3 rings (SSSR count). The number of hydrogen-bond donors (Lipinski definition) is 1. The van der Waals surface area contributed by atoms with Gasteiger partial charge in [0.25, 0.3) is 0 Å². The van der Waals surface area contributed by atoms with Gasteiger partial charge in [-0.1, -0.05) is 19.1 Å². The first kappa shape index (κ1) is 13.0. The number of carbonyl (C=O) groups excluding carboxylic acids is 1. The summed E-state index contributed by atoms with van der Waals surface area (Å²) >= 11 is 0. The summed E-state index contributed by atoms with van der Waals surface area (Å²) in [6.45, 7) is 4.29. The van der Waals surface area contributed by atoms with Crippen molar-refractivity contribution in [3.05, 3.63) is 35.5 Å². The largest absolute Gasteiger partial charge is 0.350 e. The molecule has 0 bridgehead atoms. The predicted octanol–water partition coefficient (Wildman–Crippen LogP) is 2.66. The van der Waals surface area contributed by atoms with Gasteiger partial charge in [0, 0.05) is 43.8 Å². The molecule has 1 aliphatic heterocycles. The van der Waals surface area contributed by atoms with Gasteiger partial charge in [0.05, 0.1) is 0 Å². The third kappa shape index (κ3) is 2.15. The molecule has 0 spiro atoms. The van der Waals surface area contributed by atoms with Crippen molar-refractivity contribution in [2.45, 2.75) is 26.3 Å². The van der Waals surface area contributed by atoms with Gasteiger partial charge in [-0.15, -0.1) is 0 Å². The van der Waals surface area contributed by atoms with Gasteiger partial charge in [-0.2, -0.15) is 0 Å². The van der Waals surface area contributed by atoms with Crippen LogP contribution in [-0.4, -0.2) is 28.6 Å². The summed E-state index contributed by atoms with van der Waals surface area (Å²) in [5, 5.41) is 4.31. The smallest absolute Gasteiger partial charge is 0.317 e. The Bertz CT molecular complexity index is 644. The molecule has 2 heterocycles. The molecule has 20 heavy (non-hydrogen) atoms. The third-order valence-electron chi connectivity index (χ3n) is 4.01. The lowest BCUT2D eigenvalue weighted by Gasteiger charge is -2.21. The lowest BCUT2D eigenvalue weighted by molar-refractivity contribution is 0.196. The van der Waals surface area contributed by atoms with E-state index in [1.807, 2.05) is 4.90 Å². The number of aryl methyl sites for hydroxylation is 1. The molecule has 0 unspecified atom stereocenters. The average Bonchev–Trinajstić information content (AvgIpc) is 2.67. The van der Waals surface area contributed by atoms with E-state index in [-0.39, 0.29) is 6.03 Å². The number of amides is 2. The van der Waals surface area contributed by atoms with Crippen LogP contribution in [-0.2, 0) is 20.0 Å². The van der Waals surface area contributed by atoms with Crippen LogP contribution in [0, 0.1) is 0 Å². The molecule has 0 aliphatic carbocycles. The van der Waals surface area contributed by atoms with Crippen molar-refractivity contribution in [1.82, 2.24) is 14.8 Å². The molecule has 0 fully saturated rings. The van der Waals surface area contributed by atoms with Gasteiger partial charge in [-0.25, -0.2) is 4.79 Å². The number of urea groups is 1. The number of hydrogen-bond acceptors (Lipinski definition) is 1. The first-order chi connectivity index (χ1) is 9.70. The fourth-order valence-corrected chi connectivity index (χ4v) is 3.00. The van der Waals surface area contributed by atoms with E-state index in [2.05, 4.69) is 48.3 Å². The van der Waals surface area contributed by atoms with Crippen LogP contribution in [0.5, 0.6) is 0 Å². The summed E-state index contributed by atoms with van der Waals surface area (Å²) in [6, 6.07) is 6.42. The van der Waals surface area contributed by atoms with Crippen LogP contribution >= 0.6 is 0 Å². The van der Waals surface area contributed by atoms with E-state index in [9.17, 15) is 4.79 Å². The van der Waals surface area contributed by atoms with Gasteiger partial charge in [-0.3, -0.25) is 0 Å². The normalized spacial score (nSPS) is 14.4. The Balaban J connectivity index is 1.92. The number of carbonyl (C=O) groups is 1. The van der Waals surface area contributed by atoms with Crippen LogP contribution in [0.4, 0.5) is 4.79 Å². The van der Waals surface area contributed by atoms with E-state index in [1.54, 1.807) is 0 Å². The van der Waals surface area contributed by atoms with E-state index >= 15 is 0 Å².